The van der Waals surface area contributed by atoms with Crippen LogP contribution in [0, 0.1) is 6.92 Å². The lowest BCUT2D eigenvalue weighted by Gasteiger charge is -2.23. The number of nitrogens with one attached hydrogen (secondary N) is 2. The first-order valence-corrected chi connectivity index (χ1v) is 6.69. The lowest BCUT2D eigenvalue weighted by Crippen LogP contribution is -2.43. The fourth-order valence-corrected chi connectivity index (χ4v) is 2.48. The van der Waals surface area contributed by atoms with Crippen LogP contribution in [0.15, 0.2) is 24.5 Å². The lowest BCUT2D eigenvalue weighted by molar-refractivity contribution is 0.0923. The Bertz CT molecular complexity index is 599. The molecule has 0 aromatic carbocycles. The summed E-state index contributed by atoms with van der Waals surface area (Å²) in [4.78, 5) is 16.6. The first-order valence-electron chi connectivity index (χ1n) is 6.69. The molecule has 5 nitrogen and oxygen atoms in total. The zero-order valence-electron chi connectivity index (χ0n) is 11.0. The maximum Gasteiger partial charge on any atom is 0.270 e. The molecule has 1 fully saturated rings. The van der Waals surface area contributed by atoms with Gasteiger partial charge in [0.1, 0.15) is 11.3 Å². The van der Waals surface area contributed by atoms with Crippen LogP contribution in [0.4, 0.5) is 0 Å². The van der Waals surface area contributed by atoms with Gasteiger partial charge < -0.3 is 10.6 Å². The molecule has 5 heteroatoms. The van der Waals surface area contributed by atoms with E-state index in [1.165, 1.54) is 0 Å². The standard InChI is InChI=1S/C14H18N4O/c1-10-2-3-13-16-8-12(18(13)9-10)14(19)17-11-4-6-15-7-5-11/h2-3,8-9,11,15H,4-7H2,1H3,(H,17,19). The van der Waals surface area contributed by atoms with Gasteiger partial charge in [0.25, 0.3) is 5.91 Å². The molecule has 1 amide bonds. The molecular formula is C14H18N4O. The molecule has 1 aliphatic heterocycles. The van der Waals surface area contributed by atoms with E-state index < -0.39 is 0 Å². The molecule has 1 aliphatic rings. The monoisotopic (exact) mass is 258 g/mol. The van der Waals surface area contributed by atoms with Crippen LogP contribution in [-0.2, 0) is 0 Å². The summed E-state index contributed by atoms with van der Waals surface area (Å²) in [5, 5.41) is 6.38. The average molecular weight is 258 g/mol. The summed E-state index contributed by atoms with van der Waals surface area (Å²) < 4.78 is 1.85. The van der Waals surface area contributed by atoms with Gasteiger partial charge in [-0.2, -0.15) is 0 Å². The van der Waals surface area contributed by atoms with E-state index in [1.807, 2.05) is 29.7 Å². The van der Waals surface area contributed by atoms with Crippen molar-refractivity contribution in [3.05, 3.63) is 35.8 Å². The van der Waals surface area contributed by atoms with E-state index in [4.69, 9.17) is 0 Å². The van der Waals surface area contributed by atoms with E-state index in [1.54, 1.807) is 6.20 Å². The highest BCUT2D eigenvalue weighted by Gasteiger charge is 2.18. The third-order valence-electron chi connectivity index (χ3n) is 3.56. The molecule has 3 rings (SSSR count). The van der Waals surface area contributed by atoms with Crippen molar-refractivity contribution < 1.29 is 4.79 Å². The van der Waals surface area contributed by atoms with Crippen LogP contribution >= 0.6 is 0 Å². The minimum absolute atomic E-state index is 0.0370. The van der Waals surface area contributed by atoms with Gasteiger partial charge in [0.2, 0.25) is 0 Å². The molecule has 0 bridgehead atoms. The number of hydrogen-bond donors (Lipinski definition) is 2. The number of nitrogens with zero attached hydrogens (tertiary/aromatic N) is 2. The molecule has 0 aliphatic carbocycles. The van der Waals surface area contributed by atoms with Crippen molar-refractivity contribution >= 4 is 11.6 Å². The zero-order chi connectivity index (χ0) is 13.2. The fraction of sp³-hybridized carbons (Fsp3) is 0.429. The Morgan fingerprint density at radius 2 is 2.21 bits per heavy atom. The Hall–Kier alpha value is -1.88. The van der Waals surface area contributed by atoms with E-state index in [9.17, 15) is 4.79 Å². The molecule has 2 aromatic heterocycles. The predicted octanol–water partition coefficient (Wildman–Crippen LogP) is 1.12. The lowest BCUT2D eigenvalue weighted by atomic mass is 10.1. The SMILES string of the molecule is Cc1ccc2ncc(C(=O)NC3CCNCC3)n2c1. The van der Waals surface area contributed by atoms with Gasteiger partial charge in [-0.25, -0.2) is 4.98 Å². The third kappa shape index (κ3) is 2.46. The van der Waals surface area contributed by atoms with Gasteiger partial charge in [0, 0.05) is 12.2 Å². The van der Waals surface area contributed by atoms with Crippen molar-refractivity contribution in [3.8, 4) is 0 Å². The Morgan fingerprint density at radius 3 is 3.00 bits per heavy atom. The van der Waals surface area contributed by atoms with E-state index >= 15 is 0 Å². The van der Waals surface area contributed by atoms with Crippen molar-refractivity contribution in [2.75, 3.05) is 13.1 Å². The highest BCUT2D eigenvalue weighted by atomic mass is 16.2. The maximum absolute atomic E-state index is 12.3. The number of carbonyl (C=O) groups excluding carboxylic acids is 1. The van der Waals surface area contributed by atoms with E-state index in [0.29, 0.717) is 5.69 Å². The zero-order valence-corrected chi connectivity index (χ0v) is 11.0. The predicted molar refractivity (Wildman–Crippen MR) is 73.3 cm³/mol. The molecule has 19 heavy (non-hydrogen) atoms. The van der Waals surface area contributed by atoms with Crippen LogP contribution < -0.4 is 10.6 Å². The second-order valence-electron chi connectivity index (χ2n) is 5.08. The first kappa shape index (κ1) is 12.2. The number of aryl methyl sites for hydroxylation is 1. The molecule has 0 saturated carbocycles. The molecule has 0 atom stereocenters. The normalized spacial score (nSPS) is 16.7. The van der Waals surface area contributed by atoms with Gasteiger partial charge in [-0.05, 0) is 44.5 Å². The summed E-state index contributed by atoms with van der Waals surface area (Å²) in [7, 11) is 0. The van der Waals surface area contributed by atoms with E-state index in [-0.39, 0.29) is 11.9 Å². The summed E-state index contributed by atoms with van der Waals surface area (Å²) in [6.07, 6.45) is 5.56. The number of aromatic nitrogens is 2. The molecule has 3 heterocycles. The number of amides is 1. The number of rotatable bonds is 2. The van der Waals surface area contributed by atoms with Crippen LogP contribution in [0.1, 0.15) is 28.9 Å². The van der Waals surface area contributed by atoms with Gasteiger partial charge >= 0.3 is 0 Å². The molecule has 0 spiro atoms. The van der Waals surface area contributed by atoms with Gasteiger partial charge in [-0.1, -0.05) is 6.07 Å². The number of hydrogen-bond acceptors (Lipinski definition) is 3. The number of pyridine rings is 1. The Labute approximate surface area is 112 Å². The van der Waals surface area contributed by atoms with Crippen molar-refractivity contribution in [2.45, 2.75) is 25.8 Å². The summed E-state index contributed by atoms with van der Waals surface area (Å²) in [5.41, 5.74) is 2.53. The van der Waals surface area contributed by atoms with E-state index in [2.05, 4.69) is 15.6 Å². The Morgan fingerprint density at radius 1 is 1.42 bits per heavy atom. The minimum atomic E-state index is -0.0370. The quantitative estimate of drug-likeness (QED) is 0.849. The second kappa shape index (κ2) is 5.01. The maximum atomic E-state index is 12.3. The van der Waals surface area contributed by atoms with Crippen molar-refractivity contribution in [1.82, 2.24) is 20.0 Å². The smallest absolute Gasteiger partial charge is 0.270 e. The molecular weight excluding hydrogens is 240 g/mol. The Balaban J connectivity index is 1.82. The van der Waals surface area contributed by atoms with Gasteiger partial charge in [0.05, 0.1) is 6.20 Å². The number of carbonyl (C=O) groups is 1. The summed E-state index contributed by atoms with van der Waals surface area (Å²) >= 11 is 0. The van der Waals surface area contributed by atoms with Crippen LogP contribution in [-0.4, -0.2) is 34.4 Å². The molecule has 2 aromatic rings. The molecule has 0 unspecified atom stereocenters. The fourth-order valence-electron chi connectivity index (χ4n) is 2.48. The number of imidazole rings is 1. The number of fused-ring (bicyclic) bond motifs is 1. The molecule has 100 valence electrons. The average Bonchev–Trinajstić information content (AvgIpc) is 2.82. The highest BCUT2D eigenvalue weighted by Crippen LogP contribution is 2.10. The molecule has 0 radical (unpaired) electrons. The van der Waals surface area contributed by atoms with Crippen LogP contribution in [0.3, 0.4) is 0 Å². The highest BCUT2D eigenvalue weighted by molar-refractivity contribution is 5.93. The van der Waals surface area contributed by atoms with Crippen molar-refractivity contribution in [1.29, 1.82) is 0 Å². The van der Waals surface area contributed by atoms with Crippen LogP contribution in [0.2, 0.25) is 0 Å². The van der Waals surface area contributed by atoms with Crippen molar-refractivity contribution in [3.63, 3.8) is 0 Å². The van der Waals surface area contributed by atoms with Crippen LogP contribution in [0.5, 0.6) is 0 Å². The first-order chi connectivity index (χ1) is 9.24. The van der Waals surface area contributed by atoms with Gasteiger partial charge in [0.15, 0.2) is 0 Å². The Kier molecular flexibility index (Phi) is 3.21. The van der Waals surface area contributed by atoms with Gasteiger partial charge in [-0.15, -0.1) is 0 Å². The van der Waals surface area contributed by atoms with E-state index in [0.717, 1.165) is 37.1 Å². The van der Waals surface area contributed by atoms with Crippen LogP contribution in [0.25, 0.3) is 5.65 Å². The topological polar surface area (TPSA) is 58.4 Å². The summed E-state index contributed by atoms with van der Waals surface area (Å²) in [6.45, 7) is 3.95. The second-order valence-corrected chi connectivity index (χ2v) is 5.08. The third-order valence-corrected chi connectivity index (χ3v) is 3.56. The summed E-state index contributed by atoms with van der Waals surface area (Å²) in [5.74, 6) is -0.0370. The molecule has 2 N–H and O–H groups in total. The minimum Gasteiger partial charge on any atom is -0.348 e. The van der Waals surface area contributed by atoms with Gasteiger partial charge in [-0.3, -0.25) is 9.20 Å². The molecule has 1 saturated heterocycles. The van der Waals surface area contributed by atoms with Crippen molar-refractivity contribution in [2.24, 2.45) is 0 Å². The summed E-state index contributed by atoms with van der Waals surface area (Å²) in [6, 6.07) is 4.19. The number of piperidine rings is 1. The largest absolute Gasteiger partial charge is 0.348 e.